The Morgan fingerprint density at radius 2 is 2.28 bits per heavy atom. The summed E-state index contributed by atoms with van der Waals surface area (Å²) in [5.41, 5.74) is 5.77. The number of rotatable bonds is 8. The molecular weight excluding hydrogens is 230 g/mol. The van der Waals surface area contributed by atoms with Crippen LogP contribution in [0.25, 0.3) is 0 Å². The van der Waals surface area contributed by atoms with Crippen molar-refractivity contribution in [2.75, 3.05) is 44.1 Å². The molecule has 0 fully saturated rings. The third-order valence-corrected chi connectivity index (χ3v) is 2.44. The predicted molar refractivity (Wildman–Crippen MR) is 73.9 cm³/mol. The Bertz CT molecular complexity index is 345. The molecule has 0 spiro atoms. The van der Waals surface area contributed by atoms with E-state index in [-0.39, 0.29) is 6.04 Å². The molecule has 0 bridgehead atoms. The summed E-state index contributed by atoms with van der Waals surface area (Å²) in [6, 6.07) is 2.04. The molecule has 1 heterocycles. The standard InChI is InChI=1S/C12H23N5O/c1-10(13)8-17(2)12-7-11(15-9-16-12)14-5-4-6-18-3/h7,9-10H,4-6,8,13H2,1-3H3,(H,14,15,16). The summed E-state index contributed by atoms with van der Waals surface area (Å²) in [6.07, 6.45) is 2.51. The van der Waals surface area contributed by atoms with Crippen molar-refractivity contribution in [2.45, 2.75) is 19.4 Å². The van der Waals surface area contributed by atoms with E-state index in [1.54, 1.807) is 13.4 Å². The van der Waals surface area contributed by atoms with Gasteiger partial charge in [-0.1, -0.05) is 0 Å². The first kappa shape index (κ1) is 14.7. The van der Waals surface area contributed by atoms with Crippen molar-refractivity contribution in [3.8, 4) is 0 Å². The van der Waals surface area contributed by atoms with Gasteiger partial charge in [-0.3, -0.25) is 0 Å². The molecule has 0 aliphatic heterocycles. The number of hydrogen-bond acceptors (Lipinski definition) is 6. The van der Waals surface area contributed by atoms with Gasteiger partial charge in [0.15, 0.2) is 0 Å². The molecule has 0 aliphatic rings. The minimum absolute atomic E-state index is 0.114. The number of nitrogens with two attached hydrogens (primary N) is 1. The maximum Gasteiger partial charge on any atom is 0.133 e. The van der Waals surface area contributed by atoms with E-state index in [2.05, 4.69) is 15.3 Å². The average Bonchev–Trinajstić information content (AvgIpc) is 2.34. The summed E-state index contributed by atoms with van der Waals surface area (Å²) in [5, 5.41) is 3.24. The van der Waals surface area contributed by atoms with Gasteiger partial charge in [-0.25, -0.2) is 9.97 Å². The van der Waals surface area contributed by atoms with Gasteiger partial charge in [-0.15, -0.1) is 0 Å². The Morgan fingerprint density at radius 3 is 2.94 bits per heavy atom. The lowest BCUT2D eigenvalue weighted by Crippen LogP contribution is -2.33. The average molecular weight is 253 g/mol. The third kappa shape index (κ3) is 5.29. The lowest BCUT2D eigenvalue weighted by molar-refractivity contribution is 0.198. The fraction of sp³-hybridized carbons (Fsp3) is 0.667. The molecule has 1 rings (SSSR count). The van der Waals surface area contributed by atoms with Crippen LogP contribution in [0.4, 0.5) is 11.6 Å². The second kappa shape index (κ2) is 7.84. The first-order valence-electron chi connectivity index (χ1n) is 6.15. The highest BCUT2D eigenvalue weighted by Gasteiger charge is 2.06. The molecule has 0 saturated carbocycles. The Morgan fingerprint density at radius 1 is 1.50 bits per heavy atom. The van der Waals surface area contributed by atoms with Crippen molar-refractivity contribution in [3.63, 3.8) is 0 Å². The topological polar surface area (TPSA) is 76.3 Å². The Hall–Kier alpha value is -1.40. The summed E-state index contributed by atoms with van der Waals surface area (Å²) in [7, 11) is 3.67. The van der Waals surface area contributed by atoms with Crippen LogP contribution in [0.2, 0.25) is 0 Å². The second-order valence-corrected chi connectivity index (χ2v) is 4.39. The van der Waals surface area contributed by atoms with Gasteiger partial charge >= 0.3 is 0 Å². The highest BCUT2D eigenvalue weighted by molar-refractivity contribution is 5.47. The van der Waals surface area contributed by atoms with Crippen molar-refractivity contribution < 1.29 is 4.74 Å². The predicted octanol–water partition coefficient (Wildman–Crippen LogP) is 0.708. The van der Waals surface area contributed by atoms with Crippen molar-refractivity contribution in [1.29, 1.82) is 0 Å². The third-order valence-electron chi connectivity index (χ3n) is 2.44. The molecule has 0 aliphatic carbocycles. The van der Waals surface area contributed by atoms with Crippen LogP contribution in [0, 0.1) is 0 Å². The van der Waals surface area contributed by atoms with Gasteiger partial charge in [0.05, 0.1) is 0 Å². The van der Waals surface area contributed by atoms with Gasteiger partial charge in [0.25, 0.3) is 0 Å². The molecule has 1 atom stereocenters. The van der Waals surface area contributed by atoms with Crippen LogP contribution >= 0.6 is 0 Å². The molecule has 102 valence electrons. The number of likely N-dealkylation sites (N-methyl/N-ethyl adjacent to an activating group) is 1. The van der Waals surface area contributed by atoms with Gasteiger partial charge < -0.3 is 20.7 Å². The lowest BCUT2D eigenvalue weighted by Gasteiger charge is -2.20. The SMILES string of the molecule is COCCCNc1cc(N(C)CC(C)N)ncn1. The van der Waals surface area contributed by atoms with Crippen LogP contribution in [0.1, 0.15) is 13.3 Å². The molecule has 0 radical (unpaired) electrons. The molecule has 1 aromatic rings. The molecule has 6 nitrogen and oxygen atoms in total. The highest BCUT2D eigenvalue weighted by Crippen LogP contribution is 2.12. The van der Waals surface area contributed by atoms with Gasteiger partial charge in [0.1, 0.15) is 18.0 Å². The Labute approximate surface area is 109 Å². The van der Waals surface area contributed by atoms with Crippen LogP contribution < -0.4 is 16.0 Å². The fourth-order valence-corrected chi connectivity index (χ4v) is 1.61. The maximum absolute atomic E-state index is 5.77. The smallest absolute Gasteiger partial charge is 0.133 e. The molecule has 0 amide bonds. The summed E-state index contributed by atoms with van der Waals surface area (Å²) in [5.74, 6) is 1.70. The number of methoxy groups -OCH3 is 1. The van der Waals surface area contributed by atoms with Crippen LogP contribution in [-0.4, -0.2) is 49.9 Å². The zero-order chi connectivity index (χ0) is 13.4. The maximum atomic E-state index is 5.77. The zero-order valence-corrected chi connectivity index (χ0v) is 11.4. The van der Waals surface area contributed by atoms with Gasteiger partial charge in [0.2, 0.25) is 0 Å². The minimum Gasteiger partial charge on any atom is -0.385 e. The number of anilines is 2. The fourth-order valence-electron chi connectivity index (χ4n) is 1.61. The number of hydrogen-bond donors (Lipinski definition) is 2. The van der Waals surface area contributed by atoms with E-state index >= 15 is 0 Å². The lowest BCUT2D eigenvalue weighted by atomic mass is 10.3. The van der Waals surface area contributed by atoms with Gasteiger partial charge in [-0.2, -0.15) is 0 Å². The van der Waals surface area contributed by atoms with Crippen molar-refractivity contribution in [2.24, 2.45) is 5.73 Å². The van der Waals surface area contributed by atoms with E-state index in [0.717, 1.165) is 37.8 Å². The number of aromatic nitrogens is 2. The van der Waals surface area contributed by atoms with Crippen LogP contribution in [0.5, 0.6) is 0 Å². The Kier molecular flexibility index (Phi) is 6.38. The van der Waals surface area contributed by atoms with E-state index < -0.39 is 0 Å². The van der Waals surface area contributed by atoms with Crippen molar-refractivity contribution >= 4 is 11.6 Å². The molecule has 3 N–H and O–H groups in total. The summed E-state index contributed by atoms with van der Waals surface area (Å²) >= 11 is 0. The first-order chi connectivity index (χ1) is 8.63. The quantitative estimate of drug-likeness (QED) is 0.664. The van der Waals surface area contributed by atoms with Gasteiger partial charge in [-0.05, 0) is 13.3 Å². The monoisotopic (exact) mass is 253 g/mol. The summed E-state index contributed by atoms with van der Waals surface area (Å²) in [4.78, 5) is 10.4. The van der Waals surface area contributed by atoms with Crippen LogP contribution in [0.15, 0.2) is 12.4 Å². The van der Waals surface area contributed by atoms with E-state index in [1.165, 1.54) is 0 Å². The highest BCUT2D eigenvalue weighted by atomic mass is 16.5. The molecule has 0 saturated heterocycles. The van der Waals surface area contributed by atoms with E-state index in [0.29, 0.717) is 0 Å². The molecular formula is C12H23N5O. The van der Waals surface area contributed by atoms with Crippen LogP contribution in [0.3, 0.4) is 0 Å². The summed E-state index contributed by atoms with van der Waals surface area (Å²) in [6.45, 7) is 4.32. The zero-order valence-electron chi connectivity index (χ0n) is 11.4. The Balaban J connectivity index is 2.50. The number of nitrogens with one attached hydrogen (secondary N) is 1. The minimum atomic E-state index is 0.114. The first-order valence-corrected chi connectivity index (χ1v) is 6.15. The molecule has 1 aromatic heterocycles. The van der Waals surface area contributed by atoms with Gasteiger partial charge in [0, 0.05) is 46.0 Å². The summed E-state index contributed by atoms with van der Waals surface area (Å²) < 4.78 is 4.99. The largest absolute Gasteiger partial charge is 0.385 e. The molecule has 1 unspecified atom stereocenters. The van der Waals surface area contributed by atoms with Crippen LogP contribution in [-0.2, 0) is 4.74 Å². The second-order valence-electron chi connectivity index (χ2n) is 4.39. The number of nitrogens with zero attached hydrogens (tertiary/aromatic N) is 3. The number of ether oxygens (including phenoxy) is 1. The van der Waals surface area contributed by atoms with Crippen molar-refractivity contribution in [3.05, 3.63) is 12.4 Å². The van der Waals surface area contributed by atoms with E-state index in [4.69, 9.17) is 10.5 Å². The normalized spacial score (nSPS) is 12.2. The molecule has 0 aromatic carbocycles. The molecule has 18 heavy (non-hydrogen) atoms. The van der Waals surface area contributed by atoms with E-state index in [1.807, 2.05) is 24.9 Å². The van der Waals surface area contributed by atoms with E-state index in [9.17, 15) is 0 Å². The molecule has 6 heteroatoms. The van der Waals surface area contributed by atoms with Crippen molar-refractivity contribution in [1.82, 2.24) is 9.97 Å².